The van der Waals surface area contributed by atoms with E-state index in [0.29, 0.717) is 13.0 Å². The van der Waals surface area contributed by atoms with Crippen molar-refractivity contribution in [3.05, 3.63) is 132 Å². The summed E-state index contributed by atoms with van der Waals surface area (Å²) in [7, 11) is 3.32. The third-order valence-corrected chi connectivity index (χ3v) is 7.64. The first-order valence-corrected chi connectivity index (χ1v) is 13.8. The predicted octanol–water partition coefficient (Wildman–Crippen LogP) is 8.36. The zero-order valence-corrected chi connectivity index (χ0v) is 24.0. The zero-order chi connectivity index (χ0) is 29.5. The van der Waals surface area contributed by atoms with Crippen molar-refractivity contribution in [2.24, 2.45) is 0 Å². The van der Waals surface area contributed by atoms with Gasteiger partial charge in [0.1, 0.15) is 28.7 Å². The van der Waals surface area contributed by atoms with Crippen molar-refractivity contribution in [1.82, 2.24) is 0 Å². The summed E-state index contributed by atoms with van der Waals surface area (Å²) in [5, 5.41) is 19.7. The molecular weight excluding hydrogens is 526 g/mol. The molecule has 0 bridgehead atoms. The van der Waals surface area contributed by atoms with Gasteiger partial charge in [0.2, 0.25) is 0 Å². The lowest BCUT2D eigenvalue weighted by atomic mass is 9.74. The highest BCUT2D eigenvalue weighted by atomic mass is 16.5. The van der Waals surface area contributed by atoms with E-state index in [1.807, 2.05) is 97.1 Å². The number of benzene rings is 5. The van der Waals surface area contributed by atoms with Gasteiger partial charge < -0.3 is 29.3 Å². The highest BCUT2D eigenvalue weighted by Gasteiger charge is 2.29. The van der Waals surface area contributed by atoms with E-state index in [9.17, 15) is 10.2 Å². The molecule has 0 aliphatic heterocycles. The van der Waals surface area contributed by atoms with Crippen molar-refractivity contribution in [2.75, 3.05) is 25.7 Å². The molecule has 0 aromatic heterocycles. The van der Waals surface area contributed by atoms with Gasteiger partial charge in [-0.25, -0.2) is 0 Å². The van der Waals surface area contributed by atoms with Gasteiger partial charge in [-0.05, 0) is 115 Å². The molecule has 6 nitrogen and oxygen atoms in total. The summed E-state index contributed by atoms with van der Waals surface area (Å²) in [6.07, 6.45) is 0.689. The molecule has 5 aromatic rings. The number of anilines is 3. The Balaban J connectivity index is 1.36. The van der Waals surface area contributed by atoms with Crippen LogP contribution >= 0.6 is 0 Å². The maximum Gasteiger partial charge on any atom is 0.119 e. The first kappa shape index (κ1) is 28.4. The van der Waals surface area contributed by atoms with Crippen LogP contribution in [0.15, 0.2) is 121 Å². The summed E-state index contributed by atoms with van der Waals surface area (Å²) in [5.74, 6) is 2.80. The number of methoxy groups -OCH3 is 2. The Bertz CT molecular complexity index is 1470. The van der Waals surface area contributed by atoms with E-state index in [4.69, 9.17) is 14.2 Å². The molecule has 0 unspecified atom stereocenters. The number of aromatic hydroxyl groups is 2. The Morgan fingerprint density at radius 1 is 0.524 bits per heavy atom. The minimum Gasteiger partial charge on any atom is -0.508 e. The van der Waals surface area contributed by atoms with Gasteiger partial charge in [0.05, 0.1) is 20.8 Å². The van der Waals surface area contributed by atoms with Crippen LogP contribution in [0.25, 0.3) is 0 Å². The lowest BCUT2D eigenvalue weighted by Crippen LogP contribution is -2.26. The third kappa shape index (κ3) is 6.28. The summed E-state index contributed by atoms with van der Waals surface area (Å²) < 4.78 is 17.0. The Labute approximate surface area is 247 Å². The average Bonchev–Trinajstić information content (AvgIpc) is 3.03. The standard InChI is InChI=1S/C36H35NO5/c1-36(26-4-14-31(38)15-5-26,27-6-16-32(39)17-7-27)24-25-42-35-22-12-30(13-23-35)37(28-8-18-33(40-2)19-9-28)29-10-20-34(41-3)21-11-29/h4-23,38-39H,24-25H2,1-3H3. The second-order valence-corrected chi connectivity index (χ2v) is 10.2. The van der Waals surface area contributed by atoms with Crippen molar-refractivity contribution < 1.29 is 24.4 Å². The summed E-state index contributed by atoms with van der Waals surface area (Å²) in [4.78, 5) is 2.16. The van der Waals surface area contributed by atoms with Gasteiger partial charge >= 0.3 is 0 Å². The van der Waals surface area contributed by atoms with Crippen molar-refractivity contribution in [3.63, 3.8) is 0 Å². The molecule has 5 aromatic carbocycles. The van der Waals surface area contributed by atoms with Crippen LogP contribution in [0.5, 0.6) is 28.7 Å². The first-order chi connectivity index (χ1) is 20.4. The maximum atomic E-state index is 9.84. The number of ether oxygens (including phenoxy) is 3. The molecule has 42 heavy (non-hydrogen) atoms. The SMILES string of the molecule is COc1ccc(N(c2ccc(OC)cc2)c2ccc(OCCC(C)(c3ccc(O)cc3)c3ccc(O)cc3)cc2)cc1. The molecule has 0 aliphatic carbocycles. The fourth-order valence-electron chi connectivity index (χ4n) is 5.09. The Kier molecular flexibility index (Phi) is 8.53. The van der Waals surface area contributed by atoms with Gasteiger partial charge in [-0.1, -0.05) is 31.2 Å². The van der Waals surface area contributed by atoms with E-state index in [2.05, 4.69) is 11.8 Å². The lowest BCUT2D eigenvalue weighted by molar-refractivity contribution is 0.280. The Morgan fingerprint density at radius 3 is 1.24 bits per heavy atom. The quantitative estimate of drug-likeness (QED) is 0.169. The second-order valence-electron chi connectivity index (χ2n) is 10.2. The fourth-order valence-corrected chi connectivity index (χ4v) is 5.09. The van der Waals surface area contributed by atoms with Crippen molar-refractivity contribution >= 4 is 17.1 Å². The monoisotopic (exact) mass is 561 g/mol. The van der Waals surface area contributed by atoms with E-state index in [0.717, 1.165) is 45.4 Å². The number of phenols is 2. The highest BCUT2D eigenvalue weighted by molar-refractivity contribution is 5.77. The summed E-state index contributed by atoms with van der Waals surface area (Å²) in [6.45, 7) is 2.62. The van der Waals surface area contributed by atoms with Gasteiger partial charge in [0, 0.05) is 22.5 Å². The highest BCUT2D eigenvalue weighted by Crippen LogP contribution is 2.39. The smallest absolute Gasteiger partial charge is 0.119 e. The molecule has 0 aliphatic rings. The average molecular weight is 562 g/mol. The fraction of sp³-hybridized carbons (Fsp3) is 0.167. The maximum absolute atomic E-state index is 9.84. The van der Waals surface area contributed by atoms with E-state index >= 15 is 0 Å². The molecule has 5 rings (SSSR count). The number of rotatable bonds is 11. The predicted molar refractivity (Wildman–Crippen MR) is 167 cm³/mol. The van der Waals surface area contributed by atoms with Gasteiger partial charge in [-0.15, -0.1) is 0 Å². The lowest BCUT2D eigenvalue weighted by Gasteiger charge is -2.31. The van der Waals surface area contributed by atoms with E-state index in [1.165, 1.54) is 0 Å². The number of hydrogen-bond acceptors (Lipinski definition) is 6. The molecule has 0 spiro atoms. The van der Waals surface area contributed by atoms with E-state index < -0.39 is 0 Å². The number of nitrogens with zero attached hydrogens (tertiary/aromatic N) is 1. The second kappa shape index (κ2) is 12.6. The van der Waals surface area contributed by atoms with Crippen LogP contribution < -0.4 is 19.1 Å². The number of phenolic OH excluding ortho intramolecular Hbond substituents is 2. The largest absolute Gasteiger partial charge is 0.508 e. The Morgan fingerprint density at radius 2 is 0.881 bits per heavy atom. The summed E-state index contributed by atoms with van der Waals surface area (Å²) in [5.41, 5.74) is 4.69. The summed E-state index contributed by atoms with van der Waals surface area (Å²) >= 11 is 0. The van der Waals surface area contributed by atoms with Crippen LogP contribution in [-0.2, 0) is 5.41 Å². The van der Waals surface area contributed by atoms with Gasteiger partial charge in [0.15, 0.2) is 0 Å². The molecule has 0 radical (unpaired) electrons. The molecule has 0 fully saturated rings. The molecule has 0 amide bonds. The van der Waals surface area contributed by atoms with Gasteiger partial charge in [-0.3, -0.25) is 0 Å². The third-order valence-electron chi connectivity index (χ3n) is 7.64. The van der Waals surface area contributed by atoms with Crippen molar-refractivity contribution in [2.45, 2.75) is 18.8 Å². The van der Waals surface area contributed by atoms with Gasteiger partial charge in [0.25, 0.3) is 0 Å². The molecule has 214 valence electrons. The molecule has 2 N–H and O–H groups in total. The Hall–Kier alpha value is -5.10. The van der Waals surface area contributed by atoms with Crippen LogP contribution in [0, 0.1) is 0 Å². The van der Waals surface area contributed by atoms with Crippen molar-refractivity contribution in [3.8, 4) is 28.7 Å². The van der Waals surface area contributed by atoms with Gasteiger partial charge in [-0.2, -0.15) is 0 Å². The molecular formula is C36H35NO5. The molecule has 6 heteroatoms. The van der Waals surface area contributed by atoms with Crippen LogP contribution in [0.3, 0.4) is 0 Å². The van der Waals surface area contributed by atoms with Crippen LogP contribution in [0.4, 0.5) is 17.1 Å². The first-order valence-electron chi connectivity index (χ1n) is 13.8. The summed E-state index contributed by atoms with van der Waals surface area (Å²) in [6, 6.07) is 38.5. The molecule has 0 saturated heterocycles. The van der Waals surface area contributed by atoms with E-state index in [-0.39, 0.29) is 16.9 Å². The normalized spacial score (nSPS) is 11.1. The minimum absolute atomic E-state index is 0.224. The molecule has 0 atom stereocenters. The van der Waals surface area contributed by atoms with Crippen LogP contribution in [0.2, 0.25) is 0 Å². The zero-order valence-electron chi connectivity index (χ0n) is 24.0. The number of hydrogen-bond donors (Lipinski definition) is 2. The van der Waals surface area contributed by atoms with E-state index in [1.54, 1.807) is 38.5 Å². The van der Waals surface area contributed by atoms with Crippen LogP contribution in [0.1, 0.15) is 24.5 Å². The molecule has 0 saturated carbocycles. The topological polar surface area (TPSA) is 71.4 Å². The van der Waals surface area contributed by atoms with Crippen molar-refractivity contribution in [1.29, 1.82) is 0 Å². The molecule has 0 heterocycles. The minimum atomic E-state index is -0.388. The van der Waals surface area contributed by atoms with Crippen LogP contribution in [-0.4, -0.2) is 31.0 Å².